The Morgan fingerprint density at radius 2 is 1.52 bits per heavy atom. The number of imidazole rings is 1. The number of H-pyrrole nitrogens is 1. The average molecular weight is 697 g/mol. The van der Waals surface area contributed by atoms with E-state index < -0.39 is 23.7 Å². The molecular weight excluding hydrogens is 652 g/mol. The number of carbonyl (C=O) groups is 3. The number of esters is 1. The number of carbonyl (C=O) groups excluding carboxylic acids is 3. The van der Waals surface area contributed by atoms with Crippen LogP contribution in [0.25, 0.3) is 22.4 Å². The molecule has 2 aliphatic rings. The van der Waals surface area contributed by atoms with Crippen LogP contribution < -0.4 is 5.32 Å². The first-order valence-electron chi connectivity index (χ1n) is 18.0. The van der Waals surface area contributed by atoms with E-state index in [1.54, 1.807) is 30.5 Å². The SMILES string of the molecule is CC(C)(C)OC(=O)c1ccc(C[C@H](NC(=O)OCC2c3ccccc3-c3ccccc32)C(=O)N2CCCC[C@H]2c2ncc(-c3ccccc3)[nH]2)cc1. The van der Waals surface area contributed by atoms with Crippen LogP contribution in [0.3, 0.4) is 0 Å². The molecule has 1 aromatic heterocycles. The molecule has 266 valence electrons. The summed E-state index contributed by atoms with van der Waals surface area (Å²) in [4.78, 5) is 50.9. The van der Waals surface area contributed by atoms with Gasteiger partial charge < -0.3 is 24.7 Å². The van der Waals surface area contributed by atoms with Crippen molar-refractivity contribution >= 4 is 18.0 Å². The number of alkyl carbamates (subject to hydrolysis) is 1. The van der Waals surface area contributed by atoms with E-state index >= 15 is 0 Å². The molecule has 1 saturated heterocycles. The van der Waals surface area contributed by atoms with Crippen molar-refractivity contribution in [1.29, 1.82) is 0 Å². The summed E-state index contributed by atoms with van der Waals surface area (Å²) in [7, 11) is 0. The van der Waals surface area contributed by atoms with Gasteiger partial charge in [0, 0.05) is 18.9 Å². The molecule has 52 heavy (non-hydrogen) atoms. The number of aromatic amines is 1. The Hall–Kier alpha value is -5.70. The lowest BCUT2D eigenvalue weighted by Crippen LogP contribution is -2.52. The summed E-state index contributed by atoms with van der Waals surface area (Å²) in [5, 5.41) is 2.93. The highest BCUT2D eigenvalue weighted by molar-refractivity contribution is 5.90. The van der Waals surface area contributed by atoms with Crippen LogP contribution in [0.4, 0.5) is 4.79 Å². The number of benzene rings is 4. The van der Waals surface area contributed by atoms with Crippen molar-refractivity contribution in [2.24, 2.45) is 0 Å². The van der Waals surface area contributed by atoms with Gasteiger partial charge in [-0.1, -0.05) is 91.0 Å². The van der Waals surface area contributed by atoms with Crippen molar-refractivity contribution in [3.05, 3.63) is 137 Å². The van der Waals surface area contributed by atoms with Crippen LogP contribution in [-0.2, 0) is 20.7 Å². The summed E-state index contributed by atoms with van der Waals surface area (Å²) in [5.74, 6) is -0.0366. The van der Waals surface area contributed by atoms with Crippen LogP contribution in [0.1, 0.15) is 84.9 Å². The van der Waals surface area contributed by atoms with Crippen molar-refractivity contribution in [1.82, 2.24) is 20.2 Å². The summed E-state index contributed by atoms with van der Waals surface area (Å²) in [6, 6.07) is 32.1. The number of nitrogens with zero attached hydrogens (tertiary/aromatic N) is 2. The minimum atomic E-state index is -0.924. The Bertz CT molecular complexity index is 2000. The first kappa shape index (κ1) is 34.7. The molecule has 1 aliphatic carbocycles. The molecule has 0 unspecified atom stereocenters. The topological polar surface area (TPSA) is 114 Å². The smallest absolute Gasteiger partial charge is 0.407 e. The van der Waals surface area contributed by atoms with E-state index in [-0.39, 0.29) is 30.9 Å². The van der Waals surface area contributed by atoms with E-state index in [2.05, 4.69) is 34.6 Å². The van der Waals surface area contributed by atoms with Crippen molar-refractivity contribution in [3.8, 4) is 22.4 Å². The zero-order valence-corrected chi connectivity index (χ0v) is 29.8. The van der Waals surface area contributed by atoms with Gasteiger partial charge in [0.15, 0.2) is 0 Å². The maximum atomic E-state index is 14.6. The van der Waals surface area contributed by atoms with Crippen molar-refractivity contribution in [2.75, 3.05) is 13.2 Å². The second kappa shape index (κ2) is 14.9. The highest BCUT2D eigenvalue weighted by Gasteiger charge is 2.36. The van der Waals surface area contributed by atoms with Gasteiger partial charge in [0.05, 0.1) is 23.5 Å². The monoisotopic (exact) mass is 696 g/mol. The van der Waals surface area contributed by atoms with Crippen LogP contribution >= 0.6 is 0 Å². The summed E-state index contributed by atoms with van der Waals surface area (Å²) in [6.07, 6.45) is 3.89. The van der Waals surface area contributed by atoms with Crippen molar-refractivity contribution in [3.63, 3.8) is 0 Å². The molecule has 1 fully saturated rings. The molecule has 0 bridgehead atoms. The summed E-state index contributed by atoms with van der Waals surface area (Å²) in [6.45, 7) is 6.13. The molecule has 9 nitrogen and oxygen atoms in total. The Labute approximate surface area is 304 Å². The van der Waals surface area contributed by atoms with E-state index in [0.29, 0.717) is 17.9 Å². The zero-order valence-electron chi connectivity index (χ0n) is 29.8. The Kier molecular flexibility index (Phi) is 9.94. The van der Waals surface area contributed by atoms with Gasteiger partial charge in [-0.05, 0) is 85.5 Å². The lowest BCUT2D eigenvalue weighted by atomic mass is 9.97. The minimum Gasteiger partial charge on any atom is -0.456 e. The second-order valence-corrected chi connectivity index (χ2v) is 14.5. The number of amides is 2. The lowest BCUT2D eigenvalue weighted by molar-refractivity contribution is -0.137. The normalized spacial score (nSPS) is 16.1. The standard InChI is InChI=1S/C43H44N4O5/c1-43(2,3)52-41(49)30-22-20-28(21-23-30)25-36(46-42(50)51-27-35-33-17-9-7-15-31(33)32-16-8-10-18-34(32)35)40(48)47-24-12-11-19-38(47)39-44-26-37(45-39)29-13-5-4-6-14-29/h4-10,13-18,20-23,26,35-36,38H,11-12,19,24-25,27H2,1-3H3,(H,44,45)(H,46,50)/t36-,38-/m0/s1. The first-order valence-corrected chi connectivity index (χ1v) is 18.0. The molecule has 0 spiro atoms. The number of likely N-dealkylation sites (tertiary alicyclic amines) is 1. The van der Waals surface area contributed by atoms with Crippen molar-refractivity contribution < 1.29 is 23.9 Å². The maximum absolute atomic E-state index is 14.6. The minimum absolute atomic E-state index is 0.114. The number of piperidine rings is 1. The van der Waals surface area contributed by atoms with Gasteiger partial charge in [-0.2, -0.15) is 0 Å². The number of rotatable bonds is 9. The van der Waals surface area contributed by atoms with Gasteiger partial charge in [-0.15, -0.1) is 0 Å². The third-order valence-electron chi connectivity index (χ3n) is 9.74. The summed E-state index contributed by atoms with van der Waals surface area (Å²) in [5.41, 5.74) is 6.96. The Morgan fingerprint density at radius 1 is 0.865 bits per heavy atom. The van der Waals surface area contributed by atoms with Gasteiger partial charge in [0.25, 0.3) is 0 Å². The second-order valence-electron chi connectivity index (χ2n) is 14.5. The predicted molar refractivity (Wildman–Crippen MR) is 200 cm³/mol. The first-order chi connectivity index (χ1) is 25.1. The number of ether oxygens (including phenoxy) is 2. The van der Waals surface area contributed by atoms with Crippen LogP contribution in [0.15, 0.2) is 109 Å². The van der Waals surface area contributed by atoms with Crippen LogP contribution in [0, 0.1) is 0 Å². The fourth-order valence-electron chi connectivity index (χ4n) is 7.28. The van der Waals surface area contributed by atoms with E-state index in [1.165, 1.54) is 0 Å². The maximum Gasteiger partial charge on any atom is 0.407 e. The van der Waals surface area contributed by atoms with E-state index in [1.807, 2.05) is 80.3 Å². The molecule has 0 radical (unpaired) electrons. The number of nitrogens with one attached hydrogen (secondary N) is 2. The number of hydrogen-bond acceptors (Lipinski definition) is 6. The fourth-order valence-corrected chi connectivity index (χ4v) is 7.28. The van der Waals surface area contributed by atoms with E-state index in [4.69, 9.17) is 14.5 Å². The molecular formula is C43H44N4O5. The van der Waals surface area contributed by atoms with Gasteiger partial charge in [-0.25, -0.2) is 14.6 Å². The van der Waals surface area contributed by atoms with Crippen LogP contribution in [-0.4, -0.2) is 57.6 Å². The molecule has 7 rings (SSSR count). The number of fused-ring (bicyclic) bond motifs is 3. The van der Waals surface area contributed by atoms with Crippen LogP contribution in [0.2, 0.25) is 0 Å². The molecule has 2 N–H and O–H groups in total. The molecule has 4 aromatic carbocycles. The van der Waals surface area contributed by atoms with E-state index in [0.717, 1.165) is 58.3 Å². The molecule has 2 heterocycles. The highest BCUT2D eigenvalue weighted by Crippen LogP contribution is 2.44. The molecule has 1 aliphatic heterocycles. The van der Waals surface area contributed by atoms with Gasteiger partial charge in [0.1, 0.15) is 24.1 Å². The van der Waals surface area contributed by atoms with Gasteiger partial charge in [0.2, 0.25) is 5.91 Å². The summed E-state index contributed by atoms with van der Waals surface area (Å²) >= 11 is 0. The summed E-state index contributed by atoms with van der Waals surface area (Å²) < 4.78 is 11.4. The Morgan fingerprint density at radius 3 is 2.19 bits per heavy atom. The fraction of sp³-hybridized carbons (Fsp3) is 0.302. The molecule has 0 saturated carbocycles. The van der Waals surface area contributed by atoms with E-state index in [9.17, 15) is 14.4 Å². The largest absolute Gasteiger partial charge is 0.456 e. The molecule has 2 atom stereocenters. The van der Waals surface area contributed by atoms with Gasteiger partial charge in [-0.3, -0.25) is 4.79 Å². The third kappa shape index (κ3) is 7.64. The third-order valence-corrected chi connectivity index (χ3v) is 9.74. The van der Waals surface area contributed by atoms with Gasteiger partial charge >= 0.3 is 12.1 Å². The molecule has 5 aromatic rings. The number of aromatic nitrogens is 2. The Balaban J connectivity index is 1.11. The predicted octanol–water partition coefficient (Wildman–Crippen LogP) is 8.24. The highest BCUT2D eigenvalue weighted by atomic mass is 16.6. The molecule has 9 heteroatoms. The number of hydrogen-bond donors (Lipinski definition) is 2. The quantitative estimate of drug-likeness (QED) is 0.150. The lowest BCUT2D eigenvalue weighted by Gasteiger charge is -2.37. The average Bonchev–Trinajstić information content (AvgIpc) is 3.77. The molecule has 2 amide bonds. The zero-order chi connectivity index (χ0) is 36.2. The van der Waals surface area contributed by atoms with Crippen molar-refractivity contribution in [2.45, 2.75) is 70.1 Å². The van der Waals surface area contributed by atoms with Crippen LogP contribution in [0.5, 0.6) is 0 Å².